The Morgan fingerprint density at radius 2 is 1.75 bits per heavy atom. The number of H-pyrrole nitrogens is 1. The minimum atomic E-state index is 0.465. The molecule has 122 valence electrons. The molecule has 5 nitrogen and oxygen atoms in total. The molecule has 1 heterocycles. The molecule has 3 rings (SSSR count). The number of hydrogen-bond acceptors (Lipinski definition) is 4. The fourth-order valence-electron chi connectivity index (χ4n) is 2.27. The van der Waals surface area contributed by atoms with Crippen molar-refractivity contribution in [3.63, 3.8) is 0 Å². The fourth-order valence-corrected chi connectivity index (χ4v) is 2.45. The third-order valence-electron chi connectivity index (χ3n) is 3.69. The summed E-state index contributed by atoms with van der Waals surface area (Å²) >= 11 is 5.29. The molecule has 0 atom stereocenters. The van der Waals surface area contributed by atoms with Crippen LogP contribution in [0, 0.1) is 11.7 Å². The minimum absolute atomic E-state index is 0.465. The maximum atomic E-state index is 5.29. The van der Waals surface area contributed by atoms with Crippen LogP contribution in [0.4, 0.5) is 5.69 Å². The van der Waals surface area contributed by atoms with Crippen LogP contribution in [0.15, 0.2) is 53.6 Å². The van der Waals surface area contributed by atoms with E-state index >= 15 is 0 Å². The quantitative estimate of drug-likeness (QED) is 0.581. The molecule has 0 fully saturated rings. The molecule has 1 aromatic heterocycles. The van der Waals surface area contributed by atoms with E-state index in [9.17, 15) is 0 Å². The molecule has 2 aromatic carbocycles. The number of nitrogens with one attached hydrogen (secondary N) is 1. The normalized spacial score (nSPS) is 11.1. The SMILES string of the molecule is Cc1ccc(-c2n[nH]c(=S)n2N=Cc2ccc(N(C)C)cc2)cc1. The topological polar surface area (TPSA) is 49.2 Å². The van der Waals surface area contributed by atoms with E-state index in [1.165, 1.54) is 5.56 Å². The van der Waals surface area contributed by atoms with Crippen LogP contribution in [-0.4, -0.2) is 35.2 Å². The van der Waals surface area contributed by atoms with Crippen LogP contribution >= 0.6 is 12.2 Å². The van der Waals surface area contributed by atoms with Gasteiger partial charge in [0.25, 0.3) is 0 Å². The van der Waals surface area contributed by atoms with Crippen LogP contribution in [0.1, 0.15) is 11.1 Å². The van der Waals surface area contributed by atoms with Crippen molar-refractivity contribution in [2.45, 2.75) is 6.92 Å². The molecule has 3 aromatic rings. The van der Waals surface area contributed by atoms with Gasteiger partial charge in [0.1, 0.15) is 0 Å². The lowest BCUT2D eigenvalue weighted by Crippen LogP contribution is -2.08. The molecule has 0 radical (unpaired) electrons. The summed E-state index contributed by atoms with van der Waals surface area (Å²) in [4.78, 5) is 2.06. The molecule has 0 unspecified atom stereocenters. The Hall–Kier alpha value is -2.73. The van der Waals surface area contributed by atoms with Gasteiger partial charge >= 0.3 is 0 Å². The molecule has 0 spiro atoms. The minimum Gasteiger partial charge on any atom is -0.378 e. The summed E-state index contributed by atoms with van der Waals surface area (Å²) in [5.74, 6) is 0.696. The number of anilines is 1. The Kier molecular flexibility index (Phi) is 4.57. The Morgan fingerprint density at radius 1 is 1.08 bits per heavy atom. The van der Waals surface area contributed by atoms with E-state index in [0.29, 0.717) is 10.6 Å². The largest absolute Gasteiger partial charge is 0.378 e. The second-order valence-corrected chi connectivity index (χ2v) is 6.15. The molecule has 0 saturated carbocycles. The van der Waals surface area contributed by atoms with Gasteiger partial charge in [-0.1, -0.05) is 42.0 Å². The summed E-state index contributed by atoms with van der Waals surface area (Å²) in [6.07, 6.45) is 1.78. The summed E-state index contributed by atoms with van der Waals surface area (Å²) in [5, 5.41) is 11.6. The molecule has 0 aliphatic rings. The first kappa shape index (κ1) is 16.1. The van der Waals surface area contributed by atoms with Crippen LogP contribution in [0.25, 0.3) is 11.4 Å². The Morgan fingerprint density at radius 3 is 2.38 bits per heavy atom. The fraction of sp³-hybridized carbons (Fsp3) is 0.167. The lowest BCUT2D eigenvalue weighted by Gasteiger charge is -2.11. The molecule has 6 heteroatoms. The average Bonchev–Trinajstić information content (AvgIpc) is 2.95. The predicted molar refractivity (Wildman–Crippen MR) is 101 cm³/mol. The first-order valence-corrected chi connectivity index (χ1v) is 8.01. The highest BCUT2D eigenvalue weighted by Crippen LogP contribution is 2.18. The maximum absolute atomic E-state index is 5.29. The standard InChI is InChI=1S/C18H19N5S/c1-13-4-8-15(9-5-13)17-20-21-18(24)23(17)19-12-14-6-10-16(11-7-14)22(2)3/h4-12H,1-3H3,(H,21,24). The van der Waals surface area contributed by atoms with Crippen molar-refractivity contribution in [3.8, 4) is 11.4 Å². The zero-order chi connectivity index (χ0) is 17.1. The molecule has 0 aliphatic heterocycles. The van der Waals surface area contributed by atoms with Crippen LogP contribution in [0.2, 0.25) is 0 Å². The van der Waals surface area contributed by atoms with Gasteiger partial charge in [0.2, 0.25) is 4.77 Å². The summed E-state index contributed by atoms with van der Waals surface area (Å²) in [5.41, 5.74) is 4.31. The number of aryl methyl sites for hydroxylation is 1. The van der Waals surface area contributed by atoms with Crippen LogP contribution < -0.4 is 4.90 Å². The monoisotopic (exact) mass is 337 g/mol. The second-order valence-electron chi connectivity index (χ2n) is 5.76. The molecule has 0 bridgehead atoms. The van der Waals surface area contributed by atoms with E-state index < -0.39 is 0 Å². The zero-order valence-corrected chi connectivity index (χ0v) is 14.7. The van der Waals surface area contributed by atoms with E-state index in [-0.39, 0.29) is 0 Å². The molecule has 0 saturated heterocycles. The van der Waals surface area contributed by atoms with Crippen molar-refractivity contribution >= 4 is 24.1 Å². The number of benzene rings is 2. The number of rotatable bonds is 4. The number of nitrogens with zero attached hydrogens (tertiary/aromatic N) is 4. The van der Waals surface area contributed by atoms with E-state index in [2.05, 4.69) is 39.3 Å². The second kappa shape index (κ2) is 6.80. The highest BCUT2D eigenvalue weighted by molar-refractivity contribution is 7.71. The first-order valence-electron chi connectivity index (χ1n) is 7.61. The van der Waals surface area contributed by atoms with Gasteiger partial charge < -0.3 is 4.90 Å². The van der Waals surface area contributed by atoms with Crippen molar-refractivity contribution in [1.29, 1.82) is 0 Å². The van der Waals surface area contributed by atoms with Crippen LogP contribution in [0.3, 0.4) is 0 Å². The Bertz CT molecular complexity index is 902. The highest BCUT2D eigenvalue weighted by Gasteiger charge is 2.07. The molecular weight excluding hydrogens is 318 g/mol. The maximum Gasteiger partial charge on any atom is 0.216 e. The molecule has 1 N–H and O–H groups in total. The van der Waals surface area contributed by atoms with Gasteiger partial charge in [-0.05, 0) is 36.8 Å². The molecular formula is C18H19N5S. The summed E-state index contributed by atoms with van der Waals surface area (Å²) in [6.45, 7) is 2.05. The smallest absolute Gasteiger partial charge is 0.216 e. The van der Waals surface area contributed by atoms with Gasteiger partial charge in [0.15, 0.2) is 5.82 Å². The zero-order valence-electron chi connectivity index (χ0n) is 13.9. The van der Waals surface area contributed by atoms with E-state index in [0.717, 1.165) is 16.8 Å². The number of aromatic nitrogens is 3. The lowest BCUT2D eigenvalue weighted by molar-refractivity contribution is 0.871. The van der Waals surface area contributed by atoms with Crippen LogP contribution in [0.5, 0.6) is 0 Å². The summed E-state index contributed by atoms with van der Waals surface area (Å²) in [7, 11) is 4.03. The van der Waals surface area contributed by atoms with Crippen molar-refractivity contribution in [2.24, 2.45) is 5.10 Å². The summed E-state index contributed by atoms with van der Waals surface area (Å²) < 4.78 is 2.10. The molecule has 0 aliphatic carbocycles. The van der Waals surface area contributed by atoms with Gasteiger partial charge in [-0.2, -0.15) is 14.9 Å². The number of aromatic amines is 1. The molecule has 0 amide bonds. The Labute approximate surface area is 146 Å². The van der Waals surface area contributed by atoms with Gasteiger partial charge in [-0.25, -0.2) is 5.10 Å². The van der Waals surface area contributed by atoms with Crippen molar-refractivity contribution in [3.05, 3.63) is 64.4 Å². The molecule has 24 heavy (non-hydrogen) atoms. The van der Waals surface area contributed by atoms with E-state index in [1.54, 1.807) is 10.9 Å². The first-order chi connectivity index (χ1) is 11.5. The van der Waals surface area contributed by atoms with Crippen molar-refractivity contribution in [2.75, 3.05) is 19.0 Å². The van der Waals surface area contributed by atoms with Crippen LogP contribution in [-0.2, 0) is 0 Å². The van der Waals surface area contributed by atoms with Gasteiger partial charge in [-0.3, -0.25) is 0 Å². The van der Waals surface area contributed by atoms with Gasteiger partial charge in [0.05, 0.1) is 6.21 Å². The average molecular weight is 337 g/mol. The van der Waals surface area contributed by atoms with Crippen molar-refractivity contribution in [1.82, 2.24) is 14.9 Å². The van der Waals surface area contributed by atoms with E-state index in [1.807, 2.05) is 50.5 Å². The van der Waals surface area contributed by atoms with Gasteiger partial charge in [0, 0.05) is 25.3 Å². The third kappa shape index (κ3) is 3.44. The van der Waals surface area contributed by atoms with Gasteiger partial charge in [-0.15, -0.1) is 0 Å². The lowest BCUT2D eigenvalue weighted by atomic mass is 10.1. The third-order valence-corrected chi connectivity index (χ3v) is 3.96. The summed E-state index contributed by atoms with van der Waals surface area (Å²) in [6, 6.07) is 16.3. The number of hydrogen-bond donors (Lipinski definition) is 1. The van der Waals surface area contributed by atoms with E-state index in [4.69, 9.17) is 12.2 Å². The highest BCUT2D eigenvalue weighted by atomic mass is 32.1. The van der Waals surface area contributed by atoms with Crippen molar-refractivity contribution < 1.29 is 0 Å². The predicted octanol–water partition coefficient (Wildman–Crippen LogP) is 3.86. The Balaban J connectivity index is 1.91.